The van der Waals surface area contributed by atoms with E-state index in [-0.39, 0.29) is 0 Å². The molecule has 0 fully saturated rings. The van der Waals surface area contributed by atoms with Crippen LogP contribution in [0.1, 0.15) is 15.9 Å². The van der Waals surface area contributed by atoms with Gasteiger partial charge in [0, 0.05) is 12.1 Å². The van der Waals surface area contributed by atoms with Crippen LogP contribution in [0.15, 0.2) is 24.3 Å². The van der Waals surface area contributed by atoms with Crippen molar-refractivity contribution >= 4 is 5.91 Å². The van der Waals surface area contributed by atoms with Crippen molar-refractivity contribution in [3.05, 3.63) is 35.4 Å². The summed E-state index contributed by atoms with van der Waals surface area (Å²) in [6, 6.07) is 7.21. The largest absolute Gasteiger partial charge is 0.366 e. The summed E-state index contributed by atoms with van der Waals surface area (Å²) in [6.07, 6.45) is 0. The molecule has 70 valence electrons. The quantitative estimate of drug-likeness (QED) is 0.570. The van der Waals surface area contributed by atoms with Gasteiger partial charge in [-0.15, -0.1) is 0 Å². The van der Waals surface area contributed by atoms with E-state index in [2.05, 4.69) is 10.9 Å². The molecule has 0 atom stereocenters. The minimum absolute atomic E-state index is 0.397. The summed E-state index contributed by atoms with van der Waals surface area (Å²) < 4.78 is 0. The van der Waals surface area contributed by atoms with Crippen molar-refractivity contribution in [3.8, 4) is 0 Å². The van der Waals surface area contributed by atoms with Gasteiger partial charge in [-0.25, -0.2) is 0 Å². The van der Waals surface area contributed by atoms with Crippen molar-refractivity contribution in [2.24, 2.45) is 5.73 Å². The molecule has 0 bridgehead atoms. The molecule has 4 heteroatoms. The van der Waals surface area contributed by atoms with E-state index >= 15 is 0 Å². The summed E-state index contributed by atoms with van der Waals surface area (Å²) in [5.74, 6) is -0.397. The molecule has 0 aliphatic rings. The van der Waals surface area contributed by atoms with Crippen LogP contribution in [-0.4, -0.2) is 13.0 Å². The molecule has 0 heterocycles. The van der Waals surface area contributed by atoms with E-state index in [4.69, 9.17) is 5.73 Å². The Labute approximate surface area is 77.1 Å². The van der Waals surface area contributed by atoms with E-state index < -0.39 is 5.91 Å². The van der Waals surface area contributed by atoms with Crippen LogP contribution < -0.4 is 16.6 Å². The topological polar surface area (TPSA) is 67.2 Å². The molecule has 0 unspecified atom stereocenters. The number of carbonyl (C=O) groups excluding carboxylic acids is 1. The number of hydrazine groups is 1. The Hall–Kier alpha value is -1.39. The van der Waals surface area contributed by atoms with Crippen LogP contribution in [0.3, 0.4) is 0 Å². The maximum absolute atomic E-state index is 10.8. The third-order valence-corrected chi connectivity index (χ3v) is 1.68. The normalized spacial score (nSPS) is 9.92. The number of amides is 1. The maximum Gasteiger partial charge on any atom is 0.248 e. The van der Waals surface area contributed by atoms with Crippen molar-refractivity contribution in [2.75, 3.05) is 7.05 Å². The van der Waals surface area contributed by atoms with E-state index in [1.807, 2.05) is 12.1 Å². The Kier molecular flexibility index (Phi) is 3.42. The summed E-state index contributed by atoms with van der Waals surface area (Å²) >= 11 is 0. The predicted molar refractivity (Wildman–Crippen MR) is 50.9 cm³/mol. The summed E-state index contributed by atoms with van der Waals surface area (Å²) in [6.45, 7) is 0.664. The molecule has 0 saturated heterocycles. The van der Waals surface area contributed by atoms with E-state index in [0.717, 1.165) is 5.56 Å². The van der Waals surface area contributed by atoms with E-state index in [0.29, 0.717) is 12.1 Å². The van der Waals surface area contributed by atoms with E-state index in [9.17, 15) is 4.79 Å². The van der Waals surface area contributed by atoms with E-state index in [1.165, 1.54) is 0 Å². The molecule has 0 aliphatic heterocycles. The van der Waals surface area contributed by atoms with Gasteiger partial charge < -0.3 is 5.73 Å². The molecule has 0 spiro atoms. The number of carbonyl (C=O) groups is 1. The molecule has 13 heavy (non-hydrogen) atoms. The van der Waals surface area contributed by atoms with Crippen molar-refractivity contribution in [2.45, 2.75) is 6.54 Å². The molecule has 4 N–H and O–H groups in total. The lowest BCUT2D eigenvalue weighted by Gasteiger charge is -2.03. The predicted octanol–water partition coefficient (Wildman–Crippen LogP) is 0.00950. The molecule has 1 aromatic rings. The Morgan fingerprint density at radius 1 is 1.54 bits per heavy atom. The average Bonchev–Trinajstić information content (AvgIpc) is 2.15. The second-order valence-electron chi connectivity index (χ2n) is 2.67. The SMILES string of the molecule is CNNCc1cccc(C(N)=O)c1. The first-order chi connectivity index (χ1) is 6.24. The van der Waals surface area contributed by atoms with Crippen molar-refractivity contribution in [1.29, 1.82) is 0 Å². The zero-order valence-corrected chi connectivity index (χ0v) is 7.50. The van der Waals surface area contributed by atoms with Gasteiger partial charge >= 0.3 is 0 Å². The fourth-order valence-electron chi connectivity index (χ4n) is 1.03. The fraction of sp³-hybridized carbons (Fsp3) is 0.222. The summed E-state index contributed by atoms with van der Waals surface area (Å²) in [4.78, 5) is 10.8. The van der Waals surface area contributed by atoms with Gasteiger partial charge in [0.25, 0.3) is 0 Å². The highest BCUT2D eigenvalue weighted by Crippen LogP contribution is 2.03. The highest BCUT2D eigenvalue weighted by molar-refractivity contribution is 5.92. The van der Waals surface area contributed by atoms with Crippen LogP contribution in [0.5, 0.6) is 0 Å². The number of hydrogen-bond donors (Lipinski definition) is 3. The third kappa shape index (κ3) is 2.85. The lowest BCUT2D eigenvalue weighted by molar-refractivity contribution is 0.1000. The highest BCUT2D eigenvalue weighted by Gasteiger charge is 1.99. The fourth-order valence-corrected chi connectivity index (χ4v) is 1.03. The number of nitrogens with one attached hydrogen (secondary N) is 2. The minimum Gasteiger partial charge on any atom is -0.366 e. The first-order valence-corrected chi connectivity index (χ1v) is 4.02. The van der Waals surface area contributed by atoms with Crippen molar-refractivity contribution < 1.29 is 4.79 Å². The van der Waals surface area contributed by atoms with Crippen LogP contribution in [0.4, 0.5) is 0 Å². The van der Waals surface area contributed by atoms with Gasteiger partial charge in [-0.2, -0.15) is 0 Å². The van der Waals surface area contributed by atoms with Crippen molar-refractivity contribution in [1.82, 2.24) is 10.9 Å². The van der Waals surface area contributed by atoms with Crippen molar-refractivity contribution in [3.63, 3.8) is 0 Å². The van der Waals surface area contributed by atoms with E-state index in [1.54, 1.807) is 19.2 Å². The number of nitrogens with two attached hydrogens (primary N) is 1. The Morgan fingerprint density at radius 3 is 2.92 bits per heavy atom. The molecule has 1 rings (SSSR count). The van der Waals surface area contributed by atoms with Crippen LogP contribution in [0.25, 0.3) is 0 Å². The molecular weight excluding hydrogens is 166 g/mol. The lowest BCUT2D eigenvalue weighted by Crippen LogP contribution is -2.26. The van der Waals surface area contributed by atoms with Crippen LogP contribution in [-0.2, 0) is 6.54 Å². The minimum atomic E-state index is -0.397. The molecule has 0 aliphatic carbocycles. The Balaban J connectivity index is 2.73. The average molecular weight is 179 g/mol. The number of benzene rings is 1. The maximum atomic E-state index is 10.8. The molecule has 0 saturated carbocycles. The second kappa shape index (κ2) is 4.59. The van der Waals surface area contributed by atoms with Crippen LogP contribution in [0, 0.1) is 0 Å². The Morgan fingerprint density at radius 2 is 2.31 bits per heavy atom. The molecule has 1 amide bonds. The van der Waals surface area contributed by atoms with Gasteiger partial charge in [0.05, 0.1) is 0 Å². The van der Waals surface area contributed by atoms with Gasteiger partial charge in [-0.3, -0.25) is 15.6 Å². The molecule has 0 aromatic heterocycles. The van der Waals surface area contributed by atoms with Crippen LogP contribution in [0.2, 0.25) is 0 Å². The van der Waals surface area contributed by atoms with Gasteiger partial charge in [-0.1, -0.05) is 12.1 Å². The third-order valence-electron chi connectivity index (χ3n) is 1.68. The van der Waals surface area contributed by atoms with Gasteiger partial charge in [0.1, 0.15) is 0 Å². The lowest BCUT2D eigenvalue weighted by atomic mass is 10.1. The van der Waals surface area contributed by atoms with Gasteiger partial charge in [-0.05, 0) is 24.7 Å². The molecule has 0 radical (unpaired) electrons. The standard InChI is InChI=1S/C9H13N3O/c1-11-12-6-7-3-2-4-8(5-7)9(10)13/h2-5,11-12H,6H2,1H3,(H2,10,13). The molecular formula is C9H13N3O. The number of rotatable bonds is 4. The smallest absolute Gasteiger partial charge is 0.248 e. The summed E-state index contributed by atoms with van der Waals surface area (Å²) in [7, 11) is 1.79. The summed E-state index contributed by atoms with van der Waals surface area (Å²) in [5.41, 5.74) is 12.4. The second-order valence-corrected chi connectivity index (χ2v) is 2.67. The summed E-state index contributed by atoms with van der Waals surface area (Å²) in [5, 5.41) is 0. The first kappa shape index (κ1) is 9.70. The number of hydrogen-bond acceptors (Lipinski definition) is 3. The number of primary amides is 1. The van der Waals surface area contributed by atoms with Gasteiger partial charge in [0.2, 0.25) is 5.91 Å². The zero-order valence-electron chi connectivity index (χ0n) is 7.50. The first-order valence-electron chi connectivity index (χ1n) is 4.02. The van der Waals surface area contributed by atoms with Crippen LogP contribution >= 0.6 is 0 Å². The molecule has 4 nitrogen and oxygen atoms in total. The Bertz CT molecular complexity index is 299. The highest BCUT2D eigenvalue weighted by atomic mass is 16.1. The molecule has 1 aromatic carbocycles. The zero-order chi connectivity index (χ0) is 9.68. The monoisotopic (exact) mass is 179 g/mol. The van der Waals surface area contributed by atoms with Gasteiger partial charge in [0.15, 0.2) is 0 Å².